The third kappa shape index (κ3) is 3.65. The second-order valence-corrected chi connectivity index (χ2v) is 9.37. The highest BCUT2D eigenvalue weighted by Crippen LogP contribution is 2.32. The fourth-order valence-electron chi connectivity index (χ4n) is 3.29. The van der Waals surface area contributed by atoms with E-state index in [0.717, 1.165) is 0 Å². The number of amidine groups is 1. The van der Waals surface area contributed by atoms with Gasteiger partial charge in [0.05, 0.1) is 36.3 Å². The summed E-state index contributed by atoms with van der Waals surface area (Å²) in [5.41, 5.74) is 8.40. The van der Waals surface area contributed by atoms with Gasteiger partial charge in [-0.2, -0.15) is 0 Å². The monoisotopic (exact) mass is 429 g/mol. The van der Waals surface area contributed by atoms with E-state index in [9.17, 15) is 12.8 Å². The highest BCUT2D eigenvalue weighted by atomic mass is 32.2. The average Bonchev–Trinajstić information content (AvgIpc) is 2.72. The second kappa shape index (κ2) is 7.52. The molecule has 156 valence electrons. The van der Waals surface area contributed by atoms with Crippen LogP contribution in [0, 0.1) is 5.82 Å². The largest absolute Gasteiger partial charge is 0.495 e. The van der Waals surface area contributed by atoms with Crippen LogP contribution >= 0.6 is 0 Å². The summed E-state index contributed by atoms with van der Waals surface area (Å²) in [5, 5.41) is 2.32. The van der Waals surface area contributed by atoms with Crippen LogP contribution in [-0.4, -0.2) is 42.3 Å². The molecule has 30 heavy (non-hydrogen) atoms. The fourth-order valence-corrected chi connectivity index (χ4v) is 4.70. The molecule has 0 fully saturated rings. The predicted molar refractivity (Wildman–Crippen MR) is 113 cm³/mol. The fraction of sp³-hybridized carbons (Fsp3) is 0.250. The van der Waals surface area contributed by atoms with Gasteiger partial charge >= 0.3 is 0 Å². The molecule has 0 spiro atoms. The highest BCUT2D eigenvalue weighted by Gasteiger charge is 2.34. The molecule has 1 aliphatic rings. The number of nitrogens with two attached hydrogens (primary N) is 1. The second-order valence-electron chi connectivity index (χ2n) is 7.00. The first-order valence-electron chi connectivity index (χ1n) is 9.18. The maximum atomic E-state index is 14.5. The Morgan fingerprint density at radius 2 is 2.03 bits per heavy atom. The van der Waals surface area contributed by atoms with Gasteiger partial charge in [0.1, 0.15) is 28.2 Å². The summed E-state index contributed by atoms with van der Waals surface area (Å²) in [5.74, 6) is -0.273. The lowest BCUT2D eigenvalue weighted by Crippen LogP contribution is -2.40. The molecular weight excluding hydrogens is 409 g/mol. The van der Waals surface area contributed by atoms with E-state index in [1.807, 2.05) is 0 Å². The summed E-state index contributed by atoms with van der Waals surface area (Å²) in [7, 11) is -1.96. The lowest BCUT2D eigenvalue weighted by Gasteiger charge is -2.24. The van der Waals surface area contributed by atoms with Gasteiger partial charge in [-0.1, -0.05) is 0 Å². The van der Waals surface area contributed by atoms with E-state index in [-0.39, 0.29) is 17.2 Å². The summed E-state index contributed by atoms with van der Waals surface area (Å²) in [4.78, 5) is 12.9. The van der Waals surface area contributed by atoms with Crippen LogP contribution in [0.2, 0.25) is 0 Å². The van der Waals surface area contributed by atoms with Crippen molar-refractivity contribution in [1.82, 2.24) is 9.97 Å². The van der Waals surface area contributed by atoms with E-state index in [4.69, 9.17) is 10.5 Å². The van der Waals surface area contributed by atoms with Crippen molar-refractivity contribution in [1.29, 1.82) is 0 Å². The minimum absolute atomic E-state index is 0.0118. The van der Waals surface area contributed by atoms with Gasteiger partial charge in [-0.25, -0.2) is 17.8 Å². The molecule has 0 saturated carbocycles. The predicted octanol–water partition coefficient (Wildman–Crippen LogP) is 2.74. The zero-order chi connectivity index (χ0) is 21.5. The Morgan fingerprint density at radius 1 is 1.23 bits per heavy atom. The minimum atomic E-state index is -3.50. The summed E-state index contributed by atoms with van der Waals surface area (Å²) >= 11 is 0. The summed E-state index contributed by atoms with van der Waals surface area (Å²) in [6.45, 7) is 1.48. The lowest BCUT2D eigenvalue weighted by atomic mass is 10.1. The maximum Gasteiger partial charge on any atom is 0.162 e. The number of fused-ring (bicyclic) bond motifs is 1. The standard InChI is InChI=1S/C20H20FN5O3S/c1-11-20(22)26-18(10-30(11,27)28)14-7-12(3-4-15(14)21)25-16-5-6-23-17-8-13(29-2)9-24-19(16)17/h3-9,11,18H,10H2,1-2H3,(H2,22,26)(H,23,25)/t11?,18-/m0/s1. The van der Waals surface area contributed by atoms with Gasteiger partial charge in [-0.15, -0.1) is 0 Å². The van der Waals surface area contributed by atoms with E-state index in [2.05, 4.69) is 20.3 Å². The van der Waals surface area contributed by atoms with E-state index in [1.54, 1.807) is 37.7 Å². The van der Waals surface area contributed by atoms with E-state index < -0.39 is 26.9 Å². The van der Waals surface area contributed by atoms with Crippen molar-refractivity contribution in [2.75, 3.05) is 18.2 Å². The zero-order valence-corrected chi connectivity index (χ0v) is 17.1. The molecule has 10 heteroatoms. The van der Waals surface area contributed by atoms with Crippen molar-refractivity contribution in [2.24, 2.45) is 10.7 Å². The normalized spacial score (nSPS) is 20.6. The first-order valence-corrected chi connectivity index (χ1v) is 10.9. The first-order chi connectivity index (χ1) is 14.3. The van der Waals surface area contributed by atoms with Gasteiger partial charge in [0, 0.05) is 23.5 Å². The van der Waals surface area contributed by atoms with Crippen molar-refractivity contribution in [3.05, 3.63) is 54.1 Å². The van der Waals surface area contributed by atoms with Crippen molar-refractivity contribution in [3.63, 3.8) is 0 Å². The molecule has 0 aliphatic carbocycles. The number of pyridine rings is 2. The Hall–Kier alpha value is -3.27. The molecule has 1 unspecified atom stereocenters. The van der Waals surface area contributed by atoms with Crippen LogP contribution in [0.5, 0.6) is 5.75 Å². The van der Waals surface area contributed by atoms with E-state index in [1.165, 1.54) is 19.1 Å². The Labute approximate surface area is 172 Å². The summed E-state index contributed by atoms with van der Waals surface area (Å²) < 4.78 is 44.4. The molecule has 8 nitrogen and oxygen atoms in total. The number of methoxy groups -OCH3 is 1. The quantitative estimate of drug-likeness (QED) is 0.654. The van der Waals surface area contributed by atoms with Crippen LogP contribution in [0.1, 0.15) is 18.5 Å². The molecule has 3 N–H and O–H groups in total. The number of aromatic nitrogens is 2. The van der Waals surface area contributed by atoms with Crippen LogP contribution < -0.4 is 15.8 Å². The molecule has 0 saturated heterocycles. The van der Waals surface area contributed by atoms with E-state index in [0.29, 0.717) is 28.2 Å². The average molecular weight is 429 g/mol. The molecule has 3 aromatic rings. The van der Waals surface area contributed by atoms with Crippen LogP contribution in [-0.2, 0) is 9.84 Å². The molecule has 1 aromatic carbocycles. The topological polar surface area (TPSA) is 120 Å². The molecule has 1 aliphatic heterocycles. The van der Waals surface area contributed by atoms with Crippen LogP contribution in [0.15, 0.2) is 47.7 Å². The number of halogens is 1. The number of nitrogens with one attached hydrogen (secondary N) is 1. The van der Waals surface area contributed by atoms with Gasteiger partial charge in [0.25, 0.3) is 0 Å². The molecule has 2 atom stereocenters. The molecule has 2 aromatic heterocycles. The van der Waals surface area contributed by atoms with Gasteiger partial charge < -0.3 is 15.8 Å². The number of benzene rings is 1. The Balaban J connectivity index is 1.71. The maximum absolute atomic E-state index is 14.5. The van der Waals surface area contributed by atoms with Crippen molar-refractivity contribution in [2.45, 2.75) is 18.2 Å². The van der Waals surface area contributed by atoms with Gasteiger partial charge in [0.15, 0.2) is 9.84 Å². The molecule has 0 bridgehead atoms. The SMILES string of the molecule is COc1cnc2c(Nc3ccc(F)c([C@@H]4CS(=O)(=O)C(C)C(N)=N4)c3)ccnc2c1. The van der Waals surface area contributed by atoms with Gasteiger partial charge in [0.2, 0.25) is 0 Å². The third-order valence-corrected chi connectivity index (χ3v) is 7.17. The Bertz CT molecular complexity index is 1260. The van der Waals surface area contributed by atoms with Crippen molar-refractivity contribution < 1.29 is 17.5 Å². The molecule has 4 rings (SSSR count). The van der Waals surface area contributed by atoms with Gasteiger partial charge in [-0.3, -0.25) is 9.98 Å². The number of hydrogen-bond donors (Lipinski definition) is 2. The number of nitrogens with zero attached hydrogens (tertiary/aromatic N) is 3. The molecule has 0 amide bonds. The number of rotatable bonds is 4. The Kier molecular flexibility index (Phi) is 5.02. The number of ether oxygens (including phenoxy) is 1. The molecular formula is C20H20FN5O3S. The number of hydrogen-bond acceptors (Lipinski definition) is 8. The van der Waals surface area contributed by atoms with Gasteiger partial charge in [-0.05, 0) is 31.2 Å². The lowest BCUT2D eigenvalue weighted by molar-refractivity contribution is 0.413. The number of sulfone groups is 1. The molecule has 0 radical (unpaired) electrons. The summed E-state index contributed by atoms with van der Waals surface area (Å²) in [6.07, 6.45) is 3.20. The van der Waals surface area contributed by atoms with Crippen LogP contribution in [0.25, 0.3) is 11.0 Å². The zero-order valence-electron chi connectivity index (χ0n) is 16.3. The minimum Gasteiger partial charge on any atom is -0.495 e. The Morgan fingerprint density at radius 3 is 2.77 bits per heavy atom. The number of anilines is 2. The highest BCUT2D eigenvalue weighted by molar-refractivity contribution is 7.92. The number of aliphatic imine (C=N–C) groups is 1. The van der Waals surface area contributed by atoms with Crippen molar-refractivity contribution in [3.8, 4) is 5.75 Å². The van der Waals surface area contributed by atoms with Crippen LogP contribution in [0.3, 0.4) is 0 Å². The smallest absolute Gasteiger partial charge is 0.162 e. The third-order valence-electron chi connectivity index (χ3n) is 5.07. The summed E-state index contributed by atoms with van der Waals surface area (Å²) in [6, 6.07) is 6.97. The van der Waals surface area contributed by atoms with E-state index >= 15 is 0 Å². The van der Waals surface area contributed by atoms with Crippen LogP contribution in [0.4, 0.5) is 15.8 Å². The first kappa shape index (κ1) is 20.0. The van der Waals surface area contributed by atoms with Crippen molar-refractivity contribution >= 4 is 38.1 Å². The molecule has 3 heterocycles.